The molecule has 2 amide bonds. The summed E-state index contributed by atoms with van der Waals surface area (Å²) in [6.07, 6.45) is 3.79. The van der Waals surface area contributed by atoms with E-state index < -0.39 is 6.04 Å². The van der Waals surface area contributed by atoms with Crippen LogP contribution in [0.1, 0.15) is 24.0 Å². The maximum absolute atomic E-state index is 13.1. The lowest BCUT2D eigenvalue weighted by atomic mass is 9.98. The van der Waals surface area contributed by atoms with Crippen LogP contribution in [0.2, 0.25) is 0 Å². The van der Waals surface area contributed by atoms with Crippen LogP contribution < -0.4 is 21.7 Å². The van der Waals surface area contributed by atoms with Gasteiger partial charge in [-0.15, -0.1) is 0 Å². The number of carbonyl (C=O) groups is 2. The predicted octanol–water partition coefficient (Wildman–Crippen LogP) is 1.91. The summed E-state index contributed by atoms with van der Waals surface area (Å²) in [5.41, 5.74) is 7.49. The highest BCUT2D eigenvalue weighted by molar-refractivity contribution is 5.91. The van der Waals surface area contributed by atoms with Crippen LogP contribution in [0.15, 0.2) is 60.8 Å². The second kappa shape index (κ2) is 9.57. The minimum atomic E-state index is -0.678. The van der Waals surface area contributed by atoms with Crippen molar-refractivity contribution in [3.8, 4) is 0 Å². The minimum Gasteiger partial charge on any atom is -0.384 e. The number of nitrogens with one attached hydrogen (secondary N) is 3. The van der Waals surface area contributed by atoms with Gasteiger partial charge in [0, 0.05) is 19.2 Å². The van der Waals surface area contributed by atoms with Gasteiger partial charge in [-0.1, -0.05) is 48.5 Å². The van der Waals surface area contributed by atoms with Crippen molar-refractivity contribution in [3.63, 3.8) is 0 Å². The van der Waals surface area contributed by atoms with E-state index in [1.54, 1.807) is 12.3 Å². The summed E-state index contributed by atoms with van der Waals surface area (Å²) in [4.78, 5) is 29.9. The number of nitrogens with zero attached hydrogens (tertiary/aromatic N) is 1. The van der Waals surface area contributed by atoms with E-state index in [1.807, 2.05) is 48.5 Å². The number of hydrogen-bond acceptors (Lipinski definition) is 5. The Balaban J connectivity index is 1.52. The smallest absolute Gasteiger partial charge is 0.243 e. The number of nitrogens with two attached hydrogens (primary N) is 1. The van der Waals surface area contributed by atoms with Gasteiger partial charge in [0.25, 0.3) is 0 Å². The minimum absolute atomic E-state index is 0.132. The van der Waals surface area contributed by atoms with Crippen LogP contribution in [-0.4, -0.2) is 35.4 Å². The summed E-state index contributed by atoms with van der Waals surface area (Å²) in [7, 11) is 0. The van der Waals surface area contributed by atoms with E-state index in [0.29, 0.717) is 18.8 Å². The van der Waals surface area contributed by atoms with Crippen molar-refractivity contribution >= 4 is 28.4 Å². The second-order valence-corrected chi connectivity index (χ2v) is 7.86. The van der Waals surface area contributed by atoms with E-state index in [1.165, 1.54) is 0 Å². The van der Waals surface area contributed by atoms with E-state index in [4.69, 9.17) is 5.73 Å². The Bertz CT molecular complexity index is 1060. The van der Waals surface area contributed by atoms with Crippen molar-refractivity contribution in [2.24, 2.45) is 0 Å². The van der Waals surface area contributed by atoms with Crippen LogP contribution in [0.4, 0.5) is 5.82 Å². The Morgan fingerprint density at radius 3 is 2.74 bits per heavy atom. The Labute approximate surface area is 181 Å². The van der Waals surface area contributed by atoms with Gasteiger partial charge in [-0.3, -0.25) is 9.59 Å². The van der Waals surface area contributed by atoms with Gasteiger partial charge in [0.1, 0.15) is 11.9 Å². The molecule has 1 aliphatic rings. The molecule has 0 radical (unpaired) electrons. The van der Waals surface area contributed by atoms with E-state index in [0.717, 1.165) is 41.3 Å². The number of nitrogen functional groups attached to an aromatic ring is 1. The summed E-state index contributed by atoms with van der Waals surface area (Å²) in [5.74, 6) is 0.0726. The molecular weight excluding hydrogens is 390 g/mol. The number of amides is 2. The van der Waals surface area contributed by atoms with Gasteiger partial charge in [-0.25, -0.2) is 4.98 Å². The van der Waals surface area contributed by atoms with Crippen LogP contribution in [0.3, 0.4) is 0 Å². The number of hydrogen-bond donors (Lipinski definition) is 4. The first-order valence-electron chi connectivity index (χ1n) is 10.6. The topological polar surface area (TPSA) is 109 Å². The lowest BCUT2D eigenvalue weighted by Crippen LogP contribution is -2.52. The van der Waals surface area contributed by atoms with Crippen LogP contribution in [0.25, 0.3) is 10.8 Å². The Morgan fingerprint density at radius 2 is 1.97 bits per heavy atom. The van der Waals surface area contributed by atoms with Gasteiger partial charge < -0.3 is 21.7 Å². The number of benzene rings is 2. The molecular formula is C24H27N5O2. The molecule has 31 heavy (non-hydrogen) atoms. The molecule has 2 atom stereocenters. The zero-order valence-corrected chi connectivity index (χ0v) is 17.3. The molecule has 0 aliphatic carbocycles. The van der Waals surface area contributed by atoms with Gasteiger partial charge in [0.05, 0.1) is 6.04 Å². The molecule has 2 aromatic carbocycles. The van der Waals surface area contributed by atoms with Crippen molar-refractivity contribution in [1.82, 2.24) is 20.9 Å². The van der Waals surface area contributed by atoms with Crippen molar-refractivity contribution in [2.45, 2.75) is 37.9 Å². The molecule has 3 aromatic rings. The maximum atomic E-state index is 13.1. The molecule has 1 aliphatic heterocycles. The quantitative estimate of drug-likeness (QED) is 0.470. The third kappa shape index (κ3) is 5.19. The van der Waals surface area contributed by atoms with Crippen LogP contribution >= 0.6 is 0 Å². The lowest BCUT2D eigenvalue weighted by Gasteiger charge is -2.21. The Kier molecular flexibility index (Phi) is 6.43. The summed E-state index contributed by atoms with van der Waals surface area (Å²) in [6, 6.07) is 16.7. The molecule has 0 saturated carbocycles. The first-order chi connectivity index (χ1) is 15.1. The average Bonchev–Trinajstić information content (AvgIpc) is 3.33. The normalized spacial score (nSPS) is 16.7. The van der Waals surface area contributed by atoms with Crippen molar-refractivity contribution in [2.75, 3.05) is 12.3 Å². The molecule has 5 N–H and O–H groups in total. The van der Waals surface area contributed by atoms with Gasteiger partial charge in [-0.2, -0.15) is 0 Å². The van der Waals surface area contributed by atoms with Crippen LogP contribution in [-0.2, 0) is 22.6 Å². The largest absolute Gasteiger partial charge is 0.384 e. The maximum Gasteiger partial charge on any atom is 0.243 e. The first kappa shape index (κ1) is 20.8. The monoisotopic (exact) mass is 417 g/mol. The number of aromatic nitrogens is 1. The standard InChI is InChI=1S/C24H27N5O2/c25-22-11-10-16(14-27-22)15-28-23(30)21(29-24(31)20-9-4-12-26-20)13-18-7-3-6-17-5-1-2-8-19(17)18/h1-3,5-8,10-11,14,20-21,26H,4,9,12-13,15H2,(H2,25,27)(H,28,30)(H,29,31)/t20-,21+/m0/s1. The van der Waals surface area contributed by atoms with E-state index >= 15 is 0 Å². The van der Waals surface area contributed by atoms with E-state index in [9.17, 15) is 9.59 Å². The molecule has 1 aromatic heterocycles. The first-order valence-corrected chi connectivity index (χ1v) is 10.6. The fourth-order valence-corrected chi connectivity index (χ4v) is 3.93. The zero-order chi connectivity index (χ0) is 21.6. The molecule has 1 saturated heterocycles. The molecule has 2 heterocycles. The number of carbonyl (C=O) groups excluding carboxylic acids is 2. The number of fused-ring (bicyclic) bond motifs is 1. The predicted molar refractivity (Wildman–Crippen MR) is 121 cm³/mol. The fraction of sp³-hybridized carbons (Fsp3) is 0.292. The molecule has 0 spiro atoms. The van der Waals surface area contributed by atoms with Gasteiger partial charge in [-0.05, 0) is 47.4 Å². The summed E-state index contributed by atoms with van der Waals surface area (Å²) < 4.78 is 0. The molecule has 160 valence electrons. The molecule has 0 unspecified atom stereocenters. The fourth-order valence-electron chi connectivity index (χ4n) is 3.93. The number of rotatable bonds is 7. The lowest BCUT2D eigenvalue weighted by molar-refractivity contribution is -0.129. The molecule has 7 nitrogen and oxygen atoms in total. The number of pyridine rings is 1. The van der Waals surface area contributed by atoms with Crippen LogP contribution in [0, 0.1) is 0 Å². The molecule has 1 fully saturated rings. The van der Waals surface area contributed by atoms with Crippen molar-refractivity contribution in [3.05, 3.63) is 71.9 Å². The van der Waals surface area contributed by atoms with Gasteiger partial charge >= 0.3 is 0 Å². The molecule has 0 bridgehead atoms. The highest BCUT2D eigenvalue weighted by Crippen LogP contribution is 2.20. The summed E-state index contributed by atoms with van der Waals surface area (Å²) in [6.45, 7) is 1.14. The molecule has 7 heteroatoms. The SMILES string of the molecule is Nc1ccc(CNC(=O)[C@@H](Cc2cccc3ccccc23)NC(=O)[C@@H]2CCCN2)cn1. The van der Waals surface area contributed by atoms with E-state index in [2.05, 4.69) is 20.9 Å². The number of anilines is 1. The summed E-state index contributed by atoms with van der Waals surface area (Å²) in [5, 5.41) is 11.3. The highest BCUT2D eigenvalue weighted by atomic mass is 16.2. The van der Waals surface area contributed by atoms with Crippen LogP contribution in [0.5, 0.6) is 0 Å². The molecule has 4 rings (SSSR count). The highest BCUT2D eigenvalue weighted by Gasteiger charge is 2.27. The Morgan fingerprint density at radius 1 is 1.13 bits per heavy atom. The zero-order valence-electron chi connectivity index (χ0n) is 17.3. The van der Waals surface area contributed by atoms with Crippen molar-refractivity contribution < 1.29 is 9.59 Å². The third-order valence-corrected chi connectivity index (χ3v) is 5.63. The Hall–Kier alpha value is -3.45. The van der Waals surface area contributed by atoms with E-state index in [-0.39, 0.29) is 17.9 Å². The average molecular weight is 418 g/mol. The second-order valence-electron chi connectivity index (χ2n) is 7.86. The third-order valence-electron chi connectivity index (χ3n) is 5.63. The van der Waals surface area contributed by atoms with Gasteiger partial charge in [0.2, 0.25) is 11.8 Å². The summed E-state index contributed by atoms with van der Waals surface area (Å²) >= 11 is 0. The van der Waals surface area contributed by atoms with Gasteiger partial charge in [0.15, 0.2) is 0 Å². The van der Waals surface area contributed by atoms with Crippen molar-refractivity contribution in [1.29, 1.82) is 0 Å².